The van der Waals surface area contributed by atoms with Gasteiger partial charge in [0.2, 0.25) is 11.8 Å². The van der Waals surface area contributed by atoms with Gasteiger partial charge < -0.3 is 15.2 Å². The monoisotopic (exact) mass is 300 g/mol. The summed E-state index contributed by atoms with van der Waals surface area (Å²) in [5, 5.41) is 2.67. The van der Waals surface area contributed by atoms with Crippen molar-refractivity contribution in [2.75, 3.05) is 19.6 Å². The number of aromatic amines is 1. The molecule has 1 fully saturated rings. The molecule has 22 heavy (non-hydrogen) atoms. The molecule has 1 aliphatic rings. The van der Waals surface area contributed by atoms with Crippen LogP contribution in [0.3, 0.4) is 0 Å². The van der Waals surface area contributed by atoms with Gasteiger partial charge in [-0.1, -0.05) is 12.1 Å². The van der Waals surface area contributed by atoms with E-state index in [1.54, 1.807) is 6.07 Å². The number of rotatable bonds is 3. The van der Waals surface area contributed by atoms with Gasteiger partial charge in [0.15, 0.2) is 0 Å². The summed E-state index contributed by atoms with van der Waals surface area (Å²) in [6.07, 6.45) is 0.429. The van der Waals surface area contributed by atoms with Crippen molar-refractivity contribution in [3.8, 4) is 0 Å². The molecule has 3 rings (SSSR count). The molecule has 1 aliphatic heterocycles. The first-order chi connectivity index (χ1) is 10.6. The van der Waals surface area contributed by atoms with Gasteiger partial charge in [-0.3, -0.25) is 14.4 Å². The third-order valence-corrected chi connectivity index (χ3v) is 3.64. The Morgan fingerprint density at radius 1 is 1.27 bits per heavy atom. The van der Waals surface area contributed by atoms with Gasteiger partial charge in [0.05, 0.1) is 17.6 Å². The van der Waals surface area contributed by atoms with Crippen LogP contribution in [0.1, 0.15) is 12.1 Å². The van der Waals surface area contributed by atoms with Crippen molar-refractivity contribution in [3.63, 3.8) is 0 Å². The normalized spacial score (nSPS) is 14.9. The molecule has 2 N–H and O–H groups in total. The highest BCUT2D eigenvalue weighted by atomic mass is 16.2. The van der Waals surface area contributed by atoms with Crippen LogP contribution in [0.25, 0.3) is 11.0 Å². The second-order valence-corrected chi connectivity index (χ2v) is 5.20. The molecule has 0 atom stereocenters. The number of para-hydroxylation sites is 2. The van der Waals surface area contributed by atoms with Gasteiger partial charge >= 0.3 is 0 Å². The first-order valence-electron chi connectivity index (χ1n) is 7.16. The second-order valence-electron chi connectivity index (χ2n) is 5.20. The number of aryl methyl sites for hydroxylation is 1. The second kappa shape index (κ2) is 5.97. The van der Waals surface area contributed by atoms with Crippen molar-refractivity contribution < 1.29 is 9.59 Å². The van der Waals surface area contributed by atoms with E-state index in [0.717, 1.165) is 0 Å². The minimum absolute atomic E-state index is 0.0837. The van der Waals surface area contributed by atoms with Crippen LogP contribution in [0, 0.1) is 0 Å². The van der Waals surface area contributed by atoms with E-state index >= 15 is 0 Å². The van der Waals surface area contributed by atoms with Crippen molar-refractivity contribution >= 4 is 22.8 Å². The van der Waals surface area contributed by atoms with E-state index in [1.165, 1.54) is 4.90 Å². The molecule has 0 bridgehead atoms. The van der Waals surface area contributed by atoms with Gasteiger partial charge in [0.25, 0.3) is 5.56 Å². The number of carbonyl (C=O) groups excluding carboxylic acids is 2. The molecule has 0 radical (unpaired) electrons. The Labute approximate surface area is 126 Å². The van der Waals surface area contributed by atoms with Crippen molar-refractivity contribution in [1.29, 1.82) is 0 Å². The lowest BCUT2D eigenvalue weighted by molar-refractivity contribution is -0.138. The number of hydrogen-bond donors (Lipinski definition) is 2. The number of nitrogens with zero attached hydrogens (tertiary/aromatic N) is 2. The summed E-state index contributed by atoms with van der Waals surface area (Å²) in [6, 6.07) is 7.26. The fraction of sp³-hybridized carbons (Fsp3) is 0.333. The molecule has 0 saturated carbocycles. The Morgan fingerprint density at radius 2 is 2.09 bits per heavy atom. The molecule has 2 aromatic rings. The molecule has 0 spiro atoms. The predicted molar refractivity (Wildman–Crippen MR) is 80.3 cm³/mol. The fourth-order valence-electron chi connectivity index (χ4n) is 2.47. The maximum Gasteiger partial charge on any atom is 0.270 e. The molecular weight excluding hydrogens is 284 g/mol. The number of carbonyl (C=O) groups is 2. The van der Waals surface area contributed by atoms with Crippen LogP contribution in [0.2, 0.25) is 0 Å². The Balaban J connectivity index is 1.71. The third kappa shape index (κ3) is 2.98. The average Bonchev–Trinajstić information content (AvgIpc) is 2.52. The van der Waals surface area contributed by atoms with Gasteiger partial charge in [-0.15, -0.1) is 0 Å². The molecule has 0 unspecified atom stereocenters. The highest BCUT2D eigenvalue weighted by Crippen LogP contribution is 2.07. The number of aromatic nitrogens is 2. The van der Waals surface area contributed by atoms with Gasteiger partial charge in [-0.2, -0.15) is 0 Å². The summed E-state index contributed by atoms with van der Waals surface area (Å²) >= 11 is 0. The van der Waals surface area contributed by atoms with E-state index in [2.05, 4.69) is 15.3 Å². The maximum atomic E-state index is 12.1. The molecule has 2 heterocycles. The Kier molecular flexibility index (Phi) is 3.86. The summed E-state index contributed by atoms with van der Waals surface area (Å²) < 4.78 is 0. The summed E-state index contributed by atoms with van der Waals surface area (Å²) in [7, 11) is 0. The number of nitrogens with one attached hydrogen (secondary N) is 2. The molecule has 1 aromatic carbocycles. The summed E-state index contributed by atoms with van der Waals surface area (Å²) in [5.41, 5.74) is 1.44. The highest BCUT2D eigenvalue weighted by Gasteiger charge is 2.21. The summed E-state index contributed by atoms with van der Waals surface area (Å²) in [5.74, 6) is -0.287. The SMILES string of the molecule is O=C1CN(C(=O)CCc2nc3ccccc3[nH]c2=O)CCN1. The van der Waals surface area contributed by atoms with Crippen molar-refractivity contribution in [3.05, 3.63) is 40.3 Å². The van der Waals surface area contributed by atoms with Gasteiger partial charge in [0.1, 0.15) is 5.69 Å². The van der Waals surface area contributed by atoms with Crippen molar-refractivity contribution in [2.24, 2.45) is 0 Å². The largest absolute Gasteiger partial charge is 0.353 e. The van der Waals surface area contributed by atoms with E-state index in [1.807, 2.05) is 18.2 Å². The zero-order valence-corrected chi connectivity index (χ0v) is 12.0. The van der Waals surface area contributed by atoms with Gasteiger partial charge in [-0.05, 0) is 12.1 Å². The minimum Gasteiger partial charge on any atom is -0.353 e. The van der Waals surface area contributed by atoms with E-state index in [-0.39, 0.29) is 36.8 Å². The van der Waals surface area contributed by atoms with Crippen LogP contribution in [-0.4, -0.2) is 46.3 Å². The average molecular weight is 300 g/mol. The lowest BCUT2D eigenvalue weighted by Crippen LogP contribution is -2.50. The van der Waals surface area contributed by atoms with E-state index < -0.39 is 0 Å². The number of benzene rings is 1. The third-order valence-electron chi connectivity index (χ3n) is 3.64. The van der Waals surface area contributed by atoms with Crippen LogP contribution >= 0.6 is 0 Å². The number of H-pyrrole nitrogens is 1. The first kappa shape index (κ1) is 14.2. The minimum atomic E-state index is -0.275. The predicted octanol–water partition coefficient (Wildman–Crippen LogP) is -0.186. The summed E-state index contributed by atoms with van der Waals surface area (Å²) in [6.45, 7) is 1.06. The molecule has 2 amide bonds. The summed E-state index contributed by atoms with van der Waals surface area (Å²) in [4.78, 5) is 43.9. The van der Waals surface area contributed by atoms with Crippen molar-refractivity contribution in [2.45, 2.75) is 12.8 Å². The van der Waals surface area contributed by atoms with Crippen LogP contribution < -0.4 is 10.9 Å². The van der Waals surface area contributed by atoms with Crippen LogP contribution in [0.5, 0.6) is 0 Å². The lowest BCUT2D eigenvalue weighted by Gasteiger charge is -2.26. The standard InChI is InChI=1S/C15H16N4O3/c20-13-9-19(8-7-16-13)14(21)6-5-12-15(22)18-11-4-2-1-3-10(11)17-12/h1-4H,5-9H2,(H,16,20)(H,18,22). The van der Waals surface area contributed by atoms with E-state index in [9.17, 15) is 14.4 Å². The van der Waals surface area contributed by atoms with Crippen LogP contribution in [-0.2, 0) is 16.0 Å². The smallest absolute Gasteiger partial charge is 0.270 e. The number of piperazine rings is 1. The molecule has 7 nitrogen and oxygen atoms in total. The molecule has 0 aliphatic carbocycles. The van der Waals surface area contributed by atoms with Gasteiger partial charge in [0, 0.05) is 25.9 Å². The maximum absolute atomic E-state index is 12.1. The Morgan fingerprint density at radius 3 is 2.91 bits per heavy atom. The highest BCUT2D eigenvalue weighted by molar-refractivity contribution is 5.86. The zero-order valence-electron chi connectivity index (χ0n) is 12.0. The van der Waals surface area contributed by atoms with Gasteiger partial charge in [-0.25, -0.2) is 4.98 Å². The van der Waals surface area contributed by atoms with Crippen molar-refractivity contribution in [1.82, 2.24) is 20.2 Å². The molecular formula is C15H16N4O3. The topological polar surface area (TPSA) is 95.2 Å². The van der Waals surface area contributed by atoms with E-state index in [0.29, 0.717) is 29.8 Å². The fourth-order valence-corrected chi connectivity index (χ4v) is 2.47. The Bertz CT molecular complexity index is 784. The molecule has 7 heteroatoms. The lowest BCUT2D eigenvalue weighted by atomic mass is 10.2. The van der Waals surface area contributed by atoms with Crippen LogP contribution in [0.4, 0.5) is 0 Å². The first-order valence-corrected chi connectivity index (χ1v) is 7.16. The van der Waals surface area contributed by atoms with Crippen LogP contribution in [0.15, 0.2) is 29.1 Å². The zero-order chi connectivity index (χ0) is 15.5. The molecule has 1 saturated heterocycles. The Hall–Kier alpha value is -2.70. The number of fused-ring (bicyclic) bond motifs is 1. The number of hydrogen-bond acceptors (Lipinski definition) is 4. The molecule has 1 aromatic heterocycles. The van der Waals surface area contributed by atoms with E-state index in [4.69, 9.17) is 0 Å². The number of amides is 2. The molecule has 114 valence electrons. The quantitative estimate of drug-likeness (QED) is 0.821.